The lowest BCUT2D eigenvalue weighted by Gasteiger charge is -2.42. The van der Waals surface area contributed by atoms with Gasteiger partial charge in [0, 0.05) is 31.9 Å². The number of nitrogens with zero attached hydrogens (tertiary/aromatic N) is 2. The minimum atomic E-state index is -4.35. The van der Waals surface area contributed by atoms with Crippen LogP contribution in [0.2, 0.25) is 0 Å². The van der Waals surface area contributed by atoms with Crippen LogP contribution in [0.3, 0.4) is 0 Å². The minimum absolute atomic E-state index is 0. The van der Waals surface area contributed by atoms with Crippen LogP contribution in [-0.4, -0.2) is 49.6 Å². The number of carbonyl (C=O) groups excluding carboxylic acids is 1. The van der Waals surface area contributed by atoms with Crippen molar-refractivity contribution in [1.82, 2.24) is 4.90 Å². The number of carbonyl (C=O) groups is 1. The highest BCUT2D eigenvalue weighted by Gasteiger charge is 2.46. The molecule has 0 radical (unpaired) electrons. The van der Waals surface area contributed by atoms with Gasteiger partial charge in [0.15, 0.2) is 0 Å². The molecule has 1 aliphatic rings. The molecule has 1 aromatic rings. The third-order valence-electron chi connectivity index (χ3n) is 3.72. The first-order valence-corrected chi connectivity index (χ1v) is 6.74. The predicted octanol–water partition coefficient (Wildman–Crippen LogP) is 1.82. The number of nitrogens with two attached hydrogens (primary N) is 1. The predicted molar refractivity (Wildman–Crippen MR) is 81.3 cm³/mol. The average molecular weight is 338 g/mol. The Balaban J connectivity index is 0.00000242. The second kappa shape index (κ2) is 7.80. The Bertz CT molecular complexity index is 481. The highest BCUT2D eigenvalue weighted by Crippen LogP contribution is 2.29. The number of anilines is 1. The lowest BCUT2D eigenvalue weighted by atomic mass is 10.1. The van der Waals surface area contributed by atoms with Gasteiger partial charge >= 0.3 is 6.18 Å². The summed E-state index contributed by atoms with van der Waals surface area (Å²) in [6.07, 6.45) is -3.83. The van der Waals surface area contributed by atoms with Gasteiger partial charge in [-0.2, -0.15) is 13.2 Å². The van der Waals surface area contributed by atoms with E-state index in [4.69, 9.17) is 5.73 Å². The summed E-state index contributed by atoms with van der Waals surface area (Å²) in [5, 5.41) is 0. The van der Waals surface area contributed by atoms with Gasteiger partial charge in [0.05, 0.1) is 6.54 Å². The average Bonchev–Trinajstić information content (AvgIpc) is 2.47. The van der Waals surface area contributed by atoms with Crippen molar-refractivity contribution in [3.8, 4) is 0 Å². The standard InChI is InChI=1S/C14H18F3N3O.ClH/c15-14(16,17)13-10-20(6-5-19(13)7-8-21)12-3-1-11(9-18)2-4-12;/h1-4,8,13H,5-7,9-10,18H2;1H. The van der Waals surface area contributed by atoms with E-state index < -0.39 is 12.2 Å². The van der Waals surface area contributed by atoms with E-state index in [1.165, 1.54) is 4.90 Å². The summed E-state index contributed by atoms with van der Waals surface area (Å²) in [4.78, 5) is 13.4. The molecule has 8 heteroatoms. The summed E-state index contributed by atoms with van der Waals surface area (Å²) in [7, 11) is 0. The zero-order valence-corrected chi connectivity index (χ0v) is 12.7. The molecule has 1 saturated heterocycles. The quantitative estimate of drug-likeness (QED) is 0.852. The van der Waals surface area contributed by atoms with Gasteiger partial charge in [-0.3, -0.25) is 4.90 Å². The van der Waals surface area contributed by atoms with Crippen LogP contribution in [0.1, 0.15) is 5.56 Å². The van der Waals surface area contributed by atoms with E-state index in [1.54, 1.807) is 17.0 Å². The molecule has 0 bridgehead atoms. The van der Waals surface area contributed by atoms with Gasteiger partial charge in [-0.1, -0.05) is 12.1 Å². The van der Waals surface area contributed by atoms with Gasteiger partial charge in [0.25, 0.3) is 0 Å². The molecule has 2 rings (SSSR count). The molecule has 4 nitrogen and oxygen atoms in total. The SMILES string of the molecule is Cl.NCc1ccc(N2CCN(CC=O)C(C(F)(F)F)C2)cc1. The molecule has 0 aliphatic carbocycles. The van der Waals surface area contributed by atoms with Crippen LogP contribution < -0.4 is 10.6 Å². The maximum atomic E-state index is 13.1. The largest absolute Gasteiger partial charge is 0.405 e. The van der Waals surface area contributed by atoms with Crippen molar-refractivity contribution in [3.63, 3.8) is 0 Å². The second-order valence-electron chi connectivity index (χ2n) is 5.04. The molecule has 1 fully saturated rings. The number of hydrogen-bond donors (Lipinski definition) is 1. The van der Waals surface area contributed by atoms with Crippen LogP contribution in [0.5, 0.6) is 0 Å². The van der Waals surface area contributed by atoms with Crippen LogP contribution in [0.15, 0.2) is 24.3 Å². The Hall–Kier alpha value is -1.31. The molecule has 124 valence electrons. The van der Waals surface area contributed by atoms with Gasteiger partial charge in [0.1, 0.15) is 12.3 Å². The van der Waals surface area contributed by atoms with Gasteiger partial charge in [0.2, 0.25) is 0 Å². The monoisotopic (exact) mass is 337 g/mol. The van der Waals surface area contributed by atoms with Crippen LogP contribution in [0.25, 0.3) is 0 Å². The van der Waals surface area contributed by atoms with E-state index in [1.807, 2.05) is 12.1 Å². The normalized spacial score (nSPS) is 19.6. The van der Waals surface area contributed by atoms with E-state index in [0.717, 1.165) is 11.3 Å². The fourth-order valence-corrected chi connectivity index (χ4v) is 2.52. The highest BCUT2D eigenvalue weighted by molar-refractivity contribution is 5.85. The third-order valence-corrected chi connectivity index (χ3v) is 3.72. The summed E-state index contributed by atoms with van der Waals surface area (Å²) in [6.45, 7) is 0.714. The summed E-state index contributed by atoms with van der Waals surface area (Å²) in [6, 6.07) is 5.58. The topological polar surface area (TPSA) is 49.6 Å². The van der Waals surface area contributed by atoms with Crippen molar-refractivity contribution < 1.29 is 18.0 Å². The van der Waals surface area contributed by atoms with Crippen LogP contribution >= 0.6 is 12.4 Å². The van der Waals surface area contributed by atoms with Crippen molar-refractivity contribution >= 4 is 24.4 Å². The molecule has 1 unspecified atom stereocenters. The molecule has 1 aliphatic heterocycles. The lowest BCUT2D eigenvalue weighted by Crippen LogP contribution is -2.59. The second-order valence-corrected chi connectivity index (χ2v) is 5.04. The van der Waals surface area contributed by atoms with E-state index in [-0.39, 0.29) is 32.0 Å². The summed E-state index contributed by atoms with van der Waals surface area (Å²) < 4.78 is 39.4. The van der Waals surface area contributed by atoms with Crippen molar-refractivity contribution in [3.05, 3.63) is 29.8 Å². The molecule has 1 heterocycles. The van der Waals surface area contributed by atoms with E-state index in [0.29, 0.717) is 19.4 Å². The van der Waals surface area contributed by atoms with Gasteiger partial charge < -0.3 is 15.4 Å². The van der Waals surface area contributed by atoms with Crippen LogP contribution in [0.4, 0.5) is 18.9 Å². The number of piperazine rings is 1. The maximum absolute atomic E-state index is 13.1. The van der Waals surface area contributed by atoms with E-state index in [2.05, 4.69) is 0 Å². The first-order valence-electron chi connectivity index (χ1n) is 6.74. The molecule has 2 N–H and O–H groups in total. The smallest absolute Gasteiger partial charge is 0.368 e. The van der Waals surface area contributed by atoms with E-state index in [9.17, 15) is 18.0 Å². The number of alkyl halides is 3. The molecule has 0 saturated carbocycles. The fourth-order valence-electron chi connectivity index (χ4n) is 2.52. The molecular weight excluding hydrogens is 319 g/mol. The lowest BCUT2D eigenvalue weighted by molar-refractivity contribution is -0.184. The van der Waals surface area contributed by atoms with Crippen molar-refractivity contribution in [1.29, 1.82) is 0 Å². The molecule has 0 aromatic heterocycles. The van der Waals surface area contributed by atoms with Crippen molar-refractivity contribution in [2.45, 2.75) is 18.8 Å². The number of halogens is 4. The van der Waals surface area contributed by atoms with Gasteiger partial charge in [-0.05, 0) is 17.7 Å². The fraction of sp³-hybridized carbons (Fsp3) is 0.500. The number of benzene rings is 1. The Morgan fingerprint density at radius 1 is 1.23 bits per heavy atom. The zero-order valence-electron chi connectivity index (χ0n) is 11.9. The van der Waals surface area contributed by atoms with E-state index >= 15 is 0 Å². The Labute approximate surface area is 133 Å². The Morgan fingerprint density at radius 2 is 1.86 bits per heavy atom. The van der Waals surface area contributed by atoms with Crippen LogP contribution in [0, 0.1) is 0 Å². The Kier molecular flexibility index (Phi) is 6.65. The van der Waals surface area contributed by atoms with Crippen molar-refractivity contribution in [2.75, 3.05) is 31.1 Å². The summed E-state index contributed by atoms with van der Waals surface area (Å²) in [5.74, 6) is 0. The molecular formula is C14H19ClF3N3O. The highest BCUT2D eigenvalue weighted by atomic mass is 35.5. The first kappa shape index (κ1) is 18.7. The number of rotatable bonds is 4. The molecule has 0 spiro atoms. The zero-order chi connectivity index (χ0) is 15.5. The molecule has 1 aromatic carbocycles. The van der Waals surface area contributed by atoms with Crippen LogP contribution in [-0.2, 0) is 11.3 Å². The van der Waals surface area contributed by atoms with Crippen molar-refractivity contribution in [2.24, 2.45) is 5.73 Å². The molecule has 0 amide bonds. The van der Waals surface area contributed by atoms with Gasteiger partial charge in [-0.15, -0.1) is 12.4 Å². The third kappa shape index (κ3) is 4.34. The molecule has 1 atom stereocenters. The number of aldehydes is 1. The van der Waals surface area contributed by atoms with Gasteiger partial charge in [-0.25, -0.2) is 0 Å². The summed E-state index contributed by atoms with van der Waals surface area (Å²) >= 11 is 0. The summed E-state index contributed by atoms with van der Waals surface area (Å²) in [5.41, 5.74) is 7.19. The molecule has 22 heavy (non-hydrogen) atoms. The maximum Gasteiger partial charge on any atom is 0.405 e. The minimum Gasteiger partial charge on any atom is -0.368 e. The first-order chi connectivity index (χ1) is 9.95. The number of hydrogen-bond acceptors (Lipinski definition) is 4. The Morgan fingerprint density at radius 3 is 2.36 bits per heavy atom.